The standard InChI is InChI=1S/C14H9NO5/c1-8-6-7-11(19-8)14(18)20-15-12(16)9-4-2-3-5-10(9)13(15)17/h2-7H,1H3. The molecular formula is C14H9NO5. The van der Waals surface area contributed by atoms with Crippen LogP contribution in [0.15, 0.2) is 40.8 Å². The molecule has 3 rings (SSSR count). The predicted octanol–water partition coefficient (Wildman–Crippen LogP) is 1.96. The maximum atomic E-state index is 12.0. The van der Waals surface area contributed by atoms with Crippen molar-refractivity contribution in [3.05, 3.63) is 59.0 Å². The van der Waals surface area contributed by atoms with Crippen LogP contribution in [-0.2, 0) is 4.84 Å². The van der Waals surface area contributed by atoms with Crippen molar-refractivity contribution < 1.29 is 23.6 Å². The molecule has 0 saturated carbocycles. The van der Waals surface area contributed by atoms with Gasteiger partial charge in [-0.3, -0.25) is 9.59 Å². The number of fused-ring (bicyclic) bond motifs is 1. The van der Waals surface area contributed by atoms with E-state index in [-0.39, 0.29) is 16.9 Å². The molecule has 6 heteroatoms. The third-order valence-electron chi connectivity index (χ3n) is 2.87. The summed E-state index contributed by atoms with van der Waals surface area (Å²) in [5.74, 6) is -1.77. The number of furan rings is 1. The largest absolute Gasteiger partial charge is 0.454 e. The summed E-state index contributed by atoms with van der Waals surface area (Å²) in [7, 11) is 0. The van der Waals surface area contributed by atoms with E-state index in [1.54, 1.807) is 25.1 Å². The second-order valence-corrected chi connectivity index (χ2v) is 4.24. The lowest BCUT2D eigenvalue weighted by Gasteiger charge is -2.11. The Morgan fingerprint density at radius 3 is 2.15 bits per heavy atom. The number of carbonyl (C=O) groups excluding carboxylic acids is 3. The monoisotopic (exact) mass is 271 g/mol. The van der Waals surface area contributed by atoms with Crippen LogP contribution in [0.5, 0.6) is 0 Å². The highest BCUT2D eigenvalue weighted by atomic mass is 16.7. The summed E-state index contributed by atoms with van der Waals surface area (Å²) < 4.78 is 5.08. The van der Waals surface area contributed by atoms with Gasteiger partial charge in [0.2, 0.25) is 5.76 Å². The first-order valence-electron chi connectivity index (χ1n) is 5.84. The van der Waals surface area contributed by atoms with Gasteiger partial charge in [-0.1, -0.05) is 17.2 Å². The molecule has 0 spiro atoms. The molecule has 0 bridgehead atoms. The van der Waals surface area contributed by atoms with Crippen LogP contribution in [0.4, 0.5) is 0 Å². The van der Waals surface area contributed by atoms with Crippen molar-refractivity contribution in [2.45, 2.75) is 6.92 Å². The minimum Gasteiger partial charge on any atom is -0.454 e. The van der Waals surface area contributed by atoms with E-state index in [0.717, 1.165) is 0 Å². The van der Waals surface area contributed by atoms with E-state index in [2.05, 4.69) is 0 Å². The Morgan fingerprint density at radius 2 is 1.65 bits per heavy atom. The summed E-state index contributed by atoms with van der Waals surface area (Å²) in [6.07, 6.45) is 0. The molecule has 1 aliphatic rings. The van der Waals surface area contributed by atoms with E-state index < -0.39 is 17.8 Å². The van der Waals surface area contributed by atoms with Gasteiger partial charge in [0.05, 0.1) is 11.1 Å². The lowest BCUT2D eigenvalue weighted by atomic mass is 10.1. The van der Waals surface area contributed by atoms with Gasteiger partial charge in [0.15, 0.2) is 0 Å². The van der Waals surface area contributed by atoms with Gasteiger partial charge in [-0.25, -0.2) is 4.79 Å². The molecule has 1 aliphatic heterocycles. The normalized spacial score (nSPS) is 13.6. The molecule has 20 heavy (non-hydrogen) atoms. The maximum absolute atomic E-state index is 12.0. The van der Waals surface area contributed by atoms with Crippen molar-refractivity contribution in [1.29, 1.82) is 0 Å². The van der Waals surface area contributed by atoms with Gasteiger partial charge < -0.3 is 9.25 Å². The summed E-state index contributed by atoms with van der Waals surface area (Å²) in [5.41, 5.74) is 0.418. The summed E-state index contributed by atoms with van der Waals surface area (Å²) in [5, 5.41) is 0.449. The van der Waals surface area contributed by atoms with E-state index in [0.29, 0.717) is 10.8 Å². The van der Waals surface area contributed by atoms with Crippen LogP contribution in [0.1, 0.15) is 37.0 Å². The van der Waals surface area contributed by atoms with Crippen molar-refractivity contribution >= 4 is 17.8 Å². The van der Waals surface area contributed by atoms with Crippen molar-refractivity contribution in [3.8, 4) is 0 Å². The van der Waals surface area contributed by atoms with Gasteiger partial charge in [-0.15, -0.1) is 0 Å². The second kappa shape index (κ2) is 4.34. The Hall–Kier alpha value is -2.89. The third-order valence-corrected chi connectivity index (χ3v) is 2.87. The van der Waals surface area contributed by atoms with Gasteiger partial charge in [-0.2, -0.15) is 0 Å². The Labute approximate surface area is 113 Å². The van der Waals surface area contributed by atoms with Gasteiger partial charge in [0, 0.05) is 0 Å². The van der Waals surface area contributed by atoms with Gasteiger partial charge in [0.25, 0.3) is 11.8 Å². The lowest BCUT2D eigenvalue weighted by Crippen LogP contribution is -2.32. The molecule has 2 amide bonds. The molecule has 0 aliphatic carbocycles. The van der Waals surface area contributed by atoms with E-state index in [1.807, 2.05) is 0 Å². The maximum Gasteiger partial charge on any atom is 0.399 e. The number of hydrogen-bond acceptors (Lipinski definition) is 5. The zero-order valence-corrected chi connectivity index (χ0v) is 10.5. The molecule has 0 saturated heterocycles. The molecule has 1 aromatic carbocycles. The molecule has 2 heterocycles. The summed E-state index contributed by atoms with van der Waals surface area (Å²) in [6.45, 7) is 1.67. The van der Waals surface area contributed by atoms with Crippen LogP contribution in [0, 0.1) is 6.92 Å². The molecule has 6 nitrogen and oxygen atoms in total. The fourth-order valence-electron chi connectivity index (χ4n) is 1.92. The molecule has 0 atom stereocenters. The number of amides is 2. The lowest BCUT2D eigenvalue weighted by molar-refractivity contribution is -0.0603. The average Bonchev–Trinajstić information content (AvgIpc) is 2.98. The molecule has 0 radical (unpaired) electrons. The Balaban J connectivity index is 1.85. The second-order valence-electron chi connectivity index (χ2n) is 4.24. The highest BCUT2D eigenvalue weighted by Gasteiger charge is 2.39. The van der Waals surface area contributed by atoms with Crippen molar-refractivity contribution in [2.24, 2.45) is 0 Å². The highest BCUT2D eigenvalue weighted by molar-refractivity contribution is 6.21. The zero-order chi connectivity index (χ0) is 14.3. The van der Waals surface area contributed by atoms with E-state index >= 15 is 0 Å². The molecule has 0 fully saturated rings. The Kier molecular flexibility index (Phi) is 2.64. The molecule has 100 valence electrons. The van der Waals surface area contributed by atoms with Crippen LogP contribution >= 0.6 is 0 Å². The van der Waals surface area contributed by atoms with Crippen LogP contribution in [0.25, 0.3) is 0 Å². The summed E-state index contributed by atoms with van der Waals surface area (Å²) in [6, 6.07) is 9.26. The van der Waals surface area contributed by atoms with Crippen LogP contribution < -0.4 is 0 Å². The Morgan fingerprint density at radius 1 is 1.05 bits per heavy atom. The average molecular weight is 271 g/mol. The molecule has 0 unspecified atom stereocenters. The smallest absolute Gasteiger partial charge is 0.399 e. The van der Waals surface area contributed by atoms with Crippen molar-refractivity contribution in [2.75, 3.05) is 0 Å². The number of carbonyl (C=O) groups is 3. The Bertz CT molecular complexity index is 696. The number of hydroxylamine groups is 2. The first-order chi connectivity index (χ1) is 9.58. The van der Waals surface area contributed by atoms with E-state index in [4.69, 9.17) is 9.25 Å². The van der Waals surface area contributed by atoms with Crippen molar-refractivity contribution in [3.63, 3.8) is 0 Å². The SMILES string of the molecule is Cc1ccc(C(=O)ON2C(=O)c3ccccc3C2=O)o1. The fraction of sp³-hybridized carbons (Fsp3) is 0.0714. The number of benzene rings is 1. The third kappa shape index (κ3) is 1.78. The summed E-state index contributed by atoms with van der Waals surface area (Å²) >= 11 is 0. The van der Waals surface area contributed by atoms with E-state index in [1.165, 1.54) is 18.2 Å². The van der Waals surface area contributed by atoms with Crippen LogP contribution in [0.2, 0.25) is 0 Å². The minimum absolute atomic E-state index is 0.0703. The number of aryl methyl sites for hydroxylation is 1. The molecule has 1 aromatic heterocycles. The molecule has 2 aromatic rings. The molecular weight excluding hydrogens is 262 g/mol. The fourth-order valence-corrected chi connectivity index (χ4v) is 1.92. The predicted molar refractivity (Wildman–Crippen MR) is 65.8 cm³/mol. The van der Waals surface area contributed by atoms with Gasteiger partial charge in [-0.05, 0) is 31.2 Å². The first-order valence-corrected chi connectivity index (χ1v) is 5.84. The number of rotatable bonds is 2. The quantitative estimate of drug-likeness (QED) is 0.780. The number of imide groups is 1. The zero-order valence-electron chi connectivity index (χ0n) is 10.5. The first kappa shape index (κ1) is 12.2. The number of nitrogens with zero attached hydrogens (tertiary/aromatic N) is 1. The van der Waals surface area contributed by atoms with Crippen LogP contribution in [-0.4, -0.2) is 22.8 Å². The minimum atomic E-state index is -0.896. The molecule has 0 N–H and O–H groups in total. The van der Waals surface area contributed by atoms with Crippen LogP contribution in [0.3, 0.4) is 0 Å². The van der Waals surface area contributed by atoms with Crippen molar-refractivity contribution in [1.82, 2.24) is 5.06 Å². The highest BCUT2D eigenvalue weighted by Crippen LogP contribution is 2.23. The summed E-state index contributed by atoms with van der Waals surface area (Å²) in [4.78, 5) is 40.6. The van der Waals surface area contributed by atoms with Gasteiger partial charge in [0.1, 0.15) is 5.76 Å². The topological polar surface area (TPSA) is 76.8 Å². The van der Waals surface area contributed by atoms with E-state index in [9.17, 15) is 14.4 Å². The number of hydrogen-bond donors (Lipinski definition) is 0. The van der Waals surface area contributed by atoms with Gasteiger partial charge >= 0.3 is 5.97 Å².